The minimum absolute atomic E-state index is 0.0977. The largest absolute Gasteiger partial charge is 0.394 e. The molecule has 1 aliphatic heterocycles. The lowest BCUT2D eigenvalue weighted by Crippen LogP contribution is -2.36. The third kappa shape index (κ3) is 2.47. The molecule has 8 nitrogen and oxygen atoms in total. The number of nitrogen functional groups attached to an aromatic ring is 1. The van der Waals surface area contributed by atoms with Crippen molar-refractivity contribution in [3.8, 4) is 0 Å². The molecule has 0 bridgehead atoms. The Morgan fingerprint density at radius 1 is 1.53 bits per heavy atom. The van der Waals surface area contributed by atoms with Gasteiger partial charge in [0.2, 0.25) is 0 Å². The van der Waals surface area contributed by atoms with Gasteiger partial charge in [0.1, 0.15) is 24.1 Å². The summed E-state index contributed by atoms with van der Waals surface area (Å²) in [5, 5.41) is 28.5. The Bertz CT molecular complexity index is 522. The summed E-state index contributed by atoms with van der Waals surface area (Å²) in [5.41, 5.74) is 4.89. The monoisotopic (exact) mass is 289 g/mol. The van der Waals surface area contributed by atoms with Crippen molar-refractivity contribution in [2.75, 3.05) is 18.6 Å². The predicted molar refractivity (Wildman–Crippen MR) is 67.7 cm³/mol. The lowest BCUT2D eigenvalue weighted by atomic mass is 10.1. The molecule has 1 saturated heterocycles. The maximum absolute atomic E-state index is 11.8. The summed E-state index contributed by atoms with van der Waals surface area (Å²) < 4.78 is 6.33. The summed E-state index contributed by atoms with van der Waals surface area (Å²) in [7, 11) is 0. The van der Waals surface area contributed by atoms with Crippen molar-refractivity contribution in [3.63, 3.8) is 0 Å². The number of rotatable bonds is 3. The number of nitrogens with two attached hydrogens (primary N) is 1. The van der Waals surface area contributed by atoms with E-state index in [0.29, 0.717) is 4.90 Å². The number of nitrogens with zero attached hydrogens (tertiary/aromatic N) is 2. The van der Waals surface area contributed by atoms with Gasteiger partial charge in [0, 0.05) is 6.20 Å². The van der Waals surface area contributed by atoms with Crippen molar-refractivity contribution in [1.29, 1.82) is 0 Å². The summed E-state index contributed by atoms with van der Waals surface area (Å²) in [5.74, 6) is 0.0977. The molecule has 1 aliphatic rings. The molecule has 0 amide bonds. The van der Waals surface area contributed by atoms with Crippen LogP contribution in [-0.4, -0.2) is 56.0 Å². The summed E-state index contributed by atoms with van der Waals surface area (Å²) in [4.78, 5) is 16.0. The highest BCUT2D eigenvalue weighted by Crippen LogP contribution is 2.29. The molecule has 19 heavy (non-hydrogen) atoms. The van der Waals surface area contributed by atoms with Crippen molar-refractivity contribution in [2.45, 2.75) is 29.4 Å². The Labute approximate surface area is 112 Å². The summed E-state index contributed by atoms with van der Waals surface area (Å²) in [6, 6.07) is 0. The van der Waals surface area contributed by atoms with Gasteiger partial charge < -0.3 is 25.8 Å². The van der Waals surface area contributed by atoms with Gasteiger partial charge in [-0.1, -0.05) is 0 Å². The smallest absolute Gasteiger partial charge is 0.351 e. The van der Waals surface area contributed by atoms with Crippen LogP contribution in [0.3, 0.4) is 0 Å². The minimum atomic E-state index is -1.32. The SMILES string of the molecule is CSc1cn([C@@H]2O[C@H](CO)[C@@H](O)[C@@H]2O)c(=O)nc1N. The van der Waals surface area contributed by atoms with Crippen LogP contribution < -0.4 is 11.4 Å². The van der Waals surface area contributed by atoms with Crippen LogP contribution in [0.4, 0.5) is 5.82 Å². The van der Waals surface area contributed by atoms with Gasteiger partial charge in [0.25, 0.3) is 0 Å². The highest BCUT2D eigenvalue weighted by atomic mass is 32.2. The highest BCUT2D eigenvalue weighted by molar-refractivity contribution is 7.98. The summed E-state index contributed by atoms with van der Waals surface area (Å²) in [6.07, 6.45) is -1.46. The van der Waals surface area contributed by atoms with Crippen molar-refractivity contribution in [1.82, 2.24) is 9.55 Å². The van der Waals surface area contributed by atoms with Gasteiger partial charge in [-0.05, 0) is 6.26 Å². The lowest BCUT2D eigenvalue weighted by molar-refractivity contribution is -0.0552. The number of hydrogen-bond donors (Lipinski definition) is 4. The normalized spacial score (nSPS) is 30.7. The molecule has 0 spiro atoms. The van der Waals surface area contributed by atoms with Crippen LogP contribution in [0.5, 0.6) is 0 Å². The van der Waals surface area contributed by atoms with Gasteiger partial charge in [-0.2, -0.15) is 4.98 Å². The molecule has 0 saturated carbocycles. The van der Waals surface area contributed by atoms with Crippen LogP contribution in [0, 0.1) is 0 Å². The molecule has 5 N–H and O–H groups in total. The third-order valence-corrected chi connectivity index (χ3v) is 3.71. The Balaban J connectivity index is 2.40. The Hall–Kier alpha value is -1.13. The average Bonchev–Trinajstić information content (AvgIpc) is 2.67. The van der Waals surface area contributed by atoms with E-state index in [1.165, 1.54) is 18.0 Å². The second kappa shape index (κ2) is 5.47. The maximum atomic E-state index is 11.8. The topological polar surface area (TPSA) is 131 Å². The first-order valence-corrected chi connectivity index (χ1v) is 6.77. The Kier molecular flexibility index (Phi) is 4.11. The van der Waals surface area contributed by atoms with Gasteiger partial charge in [-0.3, -0.25) is 4.57 Å². The zero-order valence-corrected chi connectivity index (χ0v) is 10.9. The average molecular weight is 289 g/mol. The second-order valence-corrected chi connectivity index (χ2v) is 4.96. The van der Waals surface area contributed by atoms with Gasteiger partial charge in [0.05, 0.1) is 11.5 Å². The number of hydrogen-bond acceptors (Lipinski definition) is 8. The van der Waals surface area contributed by atoms with Gasteiger partial charge in [-0.15, -0.1) is 11.8 Å². The lowest BCUT2D eigenvalue weighted by Gasteiger charge is -2.18. The molecule has 9 heteroatoms. The predicted octanol–water partition coefficient (Wildman–Crippen LogP) is -1.84. The van der Waals surface area contributed by atoms with Crippen molar-refractivity contribution >= 4 is 17.6 Å². The van der Waals surface area contributed by atoms with Crippen LogP contribution in [0.2, 0.25) is 0 Å². The number of ether oxygens (including phenoxy) is 1. The quantitative estimate of drug-likeness (QED) is 0.477. The first-order chi connectivity index (χ1) is 8.99. The molecule has 1 aromatic heterocycles. The van der Waals surface area contributed by atoms with Crippen molar-refractivity contribution in [3.05, 3.63) is 16.7 Å². The molecular formula is C10H15N3O5S. The molecule has 0 aromatic carbocycles. The maximum Gasteiger partial charge on any atom is 0.351 e. The number of aliphatic hydroxyl groups excluding tert-OH is 3. The van der Waals surface area contributed by atoms with E-state index in [4.69, 9.17) is 15.6 Å². The second-order valence-electron chi connectivity index (χ2n) is 4.11. The molecule has 0 radical (unpaired) electrons. The molecule has 1 aromatic rings. The number of aromatic nitrogens is 2. The van der Waals surface area contributed by atoms with Crippen LogP contribution >= 0.6 is 11.8 Å². The fourth-order valence-corrected chi connectivity index (χ4v) is 2.39. The number of aliphatic hydroxyl groups is 3. The van der Waals surface area contributed by atoms with E-state index in [9.17, 15) is 15.0 Å². The molecule has 106 valence electrons. The van der Waals surface area contributed by atoms with Crippen LogP contribution in [0.25, 0.3) is 0 Å². The molecule has 2 heterocycles. The van der Waals surface area contributed by atoms with Crippen LogP contribution in [-0.2, 0) is 4.74 Å². The highest BCUT2D eigenvalue weighted by Gasteiger charge is 2.43. The van der Waals surface area contributed by atoms with Crippen LogP contribution in [0.15, 0.2) is 15.9 Å². The molecule has 4 atom stereocenters. The first kappa shape index (κ1) is 14.3. The molecular weight excluding hydrogens is 274 g/mol. The Morgan fingerprint density at radius 3 is 2.74 bits per heavy atom. The van der Waals surface area contributed by atoms with Crippen molar-refractivity contribution < 1.29 is 20.1 Å². The standard InChI is InChI=1S/C10H15N3O5S/c1-19-5-2-13(10(17)12-8(5)11)9-7(16)6(15)4(3-14)18-9/h2,4,6-7,9,14-16H,3H2,1H3,(H2,11,12,17)/t4-,6-,7+,9-/m1/s1. The summed E-state index contributed by atoms with van der Waals surface area (Å²) in [6.45, 7) is -0.457. The molecule has 1 fully saturated rings. The van der Waals surface area contributed by atoms with Gasteiger partial charge in [0.15, 0.2) is 6.23 Å². The number of anilines is 1. The van der Waals surface area contributed by atoms with E-state index >= 15 is 0 Å². The first-order valence-electron chi connectivity index (χ1n) is 5.54. The molecule has 0 aliphatic carbocycles. The van der Waals surface area contributed by atoms with Gasteiger partial charge in [-0.25, -0.2) is 4.79 Å². The van der Waals surface area contributed by atoms with E-state index < -0.39 is 36.8 Å². The fourth-order valence-electron chi connectivity index (χ4n) is 1.91. The summed E-state index contributed by atoms with van der Waals surface area (Å²) >= 11 is 1.29. The Morgan fingerprint density at radius 2 is 2.21 bits per heavy atom. The van der Waals surface area contributed by atoms with Crippen LogP contribution in [0.1, 0.15) is 6.23 Å². The van der Waals surface area contributed by atoms with Crippen molar-refractivity contribution in [2.24, 2.45) is 0 Å². The van der Waals surface area contributed by atoms with E-state index in [1.54, 1.807) is 6.26 Å². The zero-order chi connectivity index (χ0) is 14.2. The minimum Gasteiger partial charge on any atom is -0.394 e. The zero-order valence-electron chi connectivity index (χ0n) is 10.1. The third-order valence-electron chi connectivity index (χ3n) is 2.96. The molecule has 2 rings (SSSR count). The fraction of sp³-hybridized carbons (Fsp3) is 0.600. The van der Waals surface area contributed by atoms with E-state index in [2.05, 4.69) is 4.98 Å². The van der Waals surface area contributed by atoms with Gasteiger partial charge >= 0.3 is 5.69 Å². The molecule has 0 unspecified atom stereocenters. The van der Waals surface area contributed by atoms with E-state index in [1.807, 2.05) is 0 Å². The van der Waals surface area contributed by atoms with E-state index in [0.717, 1.165) is 4.57 Å². The number of thioether (sulfide) groups is 1. The van der Waals surface area contributed by atoms with E-state index in [-0.39, 0.29) is 5.82 Å².